The number of nitrogens with one attached hydrogen (secondary N) is 1. The van der Waals surface area contributed by atoms with Gasteiger partial charge in [0.05, 0.1) is 32.9 Å². The summed E-state index contributed by atoms with van der Waals surface area (Å²) in [6.07, 6.45) is 0. The summed E-state index contributed by atoms with van der Waals surface area (Å²) < 4.78 is 0. The van der Waals surface area contributed by atoms with Crippen molar-refractivity contribution in [3.8, 4) is 6.07 Å². The van der Waals surface area contributed by atoms with Crippen molar-refractivity contribution in [3.05, 3.63) is 64.1 Å². The van der Waals surface area contributed by atoms with E-state index in [0.717, 1.165) is 10.9 Å². The second-order valence-electron chi connectivity index (χ2n) is 4.41. The third kappa shape index (κ3) is 2.64. The first-order chi connectivity index (χ1) is 10.2. The van der Waals surface area contributed by atoms with Crippen molar-refractivity contribution in [2.24, 2.45) is 0 Å². The first-order valence-electron chi connectivity index (χ1n) is 6.20. The van der Waals surface area contributed by atoms with E-state index in [1.807, 2.05) is 24.3 Å². The van der Waals surface area contributed by atoms with Crippen LogP contribution in [0.15, 0.2) is 48.5 Å². The van der Waals surface area contributed by atoms with Gasteiger partial charge in [-0.05, 0) is 24.3 Å². The van der Waals surface area contributed by atoms with Crippen molar-refractivity contribution in [1.82, 2.24) is 4.98 Å². The van der Waals surface area contributed by atoms with E-state index in [1.165, 1.54) is 0 Å². The van der Waals surface area contributed by atoms with Crippen LogP contribution in [0.5, 0.6) is 0 Å². The average Bonchev–Trinajstić information content (AvgIpc) is 2.51. The van der Waals surface area contributed by atoms with Crippen molar-refractivity contribution in [2.45, 2.75) is 0 Å². The molecule has 21 heavy (non-hydrogen) atoms. The molecule has 1 N–H and O–H groups in total. The molecule has 3 aromatic rings. The summed E-state index contributed by atoms with van der Waals surface area (Å²) in [6.45, 7) is 0. The van der Waals surface area contributed by atoms with E-state index in [2.05, 4.69) is 16.4 Å². The van der Waals surface area contributed by atoms with Gasteiger partial charge in [-0.2, -0.15) is 5.26 Å². The third-order valence-electron chi connectivity index (χ3n) is 3.05. The maximum absolute atomic E-state index is 9.27. The first kappa shape index (κ1) is 13.7. The van der Waals surface area contributed by atoms with Gasteiger partial charge in [0.1, 0.15) is 5.82 Å². The van der Waals surface area contributed by atoms with E-state index in [9.17, 15) is 5.26 Å². The van der Waals surface area contributed by atoms with Crippen molar-refractivity contribution in [1.29, 1.82) is 5.26 Å². The average molecular weight is 314 g/mol. The molecule has 0 aliphatic carbocycles. The molecule has 0 saturated heterocycles. The molecule has 0 aliphatic heterocycles. The van der Waals surface area contributed by atoms with Gasteiger partial charge in [0.25, 0.3) is 0 Å². The molecule has 0 bridgehead atoms. The Labute approximate surface area is 131 Å². The molecule has 0 radical (unpaired) electrons. The van der Waals surface area contributed by atoms with E-state index in [4.69, 9.17) is 23.2 Å². The van der Waals surface area contributed by atoms with Crippen molar-refractivity contribution < 1.29 is 0 Å². The second-order valence-corrected chi connectivity index (χ2v) is 5.20. The molecule has 2 aromatic carbocycles. The van der Waals surface area contributed by atoms with Crippen LogP contribution in [0.1, 0.15) is 5.56 Å². The van der Waals surface area contributed by atoms with E-state index in [1.54, 1.807) is 24.3 Å². The predicted octanol–water partition coefficient (Wildman–Crippen LogP) is 5.16. The number of hydrogen-bond acceptors (Lipinski definition) is 3. The van der Waals surface area contributed by atoms with Gasteiger partial charge in [0.2, 0.25) is 0 Å². The Morgan fingerprint density at radius 2 is 1.86 bits per heavy atom. The number of nitriles is 1. The number of benzene rings is 2. The molecule has 3 nitrogen and oxygen atoms in total. The number of pyridine rings is 1. The zero-order valence-corrected chi connectivity index (χ0v) is 12.3. The van der Waals surface area contributed by atoms with E-state index in [-0.39, 0.29) is 0 Å². The number of anilines is 2. The highest BCUT2D eigenvalue weighted by atomic mass is 35.5. The lowest BCUT2D eigenvalue weighted by Crippen LogP contribution is -1.96. The number of halogens is 2. The van der Waals surface area contributed by atoms with Crippen LogP contribution in [0.25, 0.3) is 10.9 Å². The quantitative estimate of drug-likeness (QED) is 0.711. The smallest absolute Gasteiger partial charge is 0.132 e. The number of fused-ring (bicyclic) bond motifs is 1. The molecular formula is C16H9Cl2N3. The summed E-state index contributed by atoms with van der Waals surface area (Å²) in [5, 5.41) is 14.1. The lowest BCUT2D eigenvalue weighted by molar-refractivity contribution is 1.36. The zero-order chi connectivity index (χ0) is 14.8. The number of aromatic nitrogens is 1. The van der Waals surface area contributed by atoms with Crippen LogP contribution < -0.4 is 5.32 Å². The molecular weight excluding hydrogens is 305 g/mol. The number of hydrogen-bond donors (Lipinski definition) is 1. The Balaban J connectivity index is 2.09. The summed E-state index contributed by atoms with van der Waals surface area (Å²) in [5.74, 6) is 0.550. The van der Waals surface area contributed by atoms with Crippen LogP contribution in [-0.2, 0) is 0 Å². The highest BCUT2D eigenvalue weighted by Crippen LogP contribution is 2.32. The fourth-order valence-corrected chi connectivity index (χ4v) is 2.42. The Hall–Kier alpha value is -2.28. The minimum absolute atomic E-state index is 0.424. The van der Waals surface area contributed by atoms with Crippen LogP contribution in [0.2, 0.25) is 10.0 Å². The minimum atomic E-state index is 0.424. The largest absolute Gasteiger partial charge is 0.339 e. The Morgan fingerprint density at radius 3 is 2.67 bits per heavy atom. The molecule has 0 unspecified atom stereocenters. The number of nitrogens with zero attached hydrogens (tertiary/aromatic N) is 2. The van der Waals surface area contributed by atoms with Gasteiger partial charge in [0.15, 0.2) is 0 Å². The second kappa shape index (κ2) is 5.61. The fourth-order valence-electron chi connectivity index (χ4n) is 2.07. The molecule has 1 aromatic heterocycles. The summed E-state index contributed by atoms with van der Waals surface area (Å²) >= 11 is 12.1. The van der Waals surface area contributed by atoms with Crippen LogP contribution in [0.3, 0.4) is 0 Å². The normalized spacial score (nSPS) is 10.3. The first-order valence-corrected chi connectivity index (χ1v) is 6.95. The lowest BCUT2D eigenvalue weighted by atomic mass is 10.1. The van der Waals surface area contributed by atoms with Crippen molar-refractivity contribution >= 4 is 45.6 Å². The molecule has 3 rings (SSSR count). The third-order valence-corrected chi connectivity index (χ3v) is 3.87. The van der Waals surface area contributed by atoms with E-state index < -0.39 is 0 Å². The minimum Gasteiger partial charge on any atom is -0.339 e. The van der Waals surface area contributed by atoms with Gasteiger partial charge in [-0.3, -0.25) is 0 Å². The molecule has 0 amide bonds. The van der Waals surface area contributed by atoms with Gasteiger partial charge < -0.3 is 5.32 Å². The molecule has 0 fully saturated rings. The van der Waals surface area contributed by atoms with E-state index in [0.29, 0.717) is 27.1 Å². The number of para-hydroxylation sites is 1. The summed E-state index contributed by atoms with van der Waals surface area (Å²) in [4.78, 5) is 4.49. The molecule has 5 heteroatoms. The Morgan fingerprint density at radius 1 is 1.05 bits per heavy atom. The summed E-state index contributed by atoms with van der Waals surface area (Å²) in [5.41, 5.74) is 1.95. The van der Waals surface area contributed by atoms with Gasteiger partial charge in [-0.15, -0.1) is 0 Å². The summed E-state index contributed by atoms with van der Waals surface area (Å²) in [7, 11) is 0. The summed E-state index contributed by atoms with van der Waals surface area (Å²) in [6, 6.07) is 16.7. The SMILES string of the molecule is N#Cc1cc(Nc2cccc(Cl)c2Cl)nc2ccccc12. The molecule has 0 atom stereocenters. The monoisotopic (exact) mass is 313 g/mol. The standard InChI is InChI=1S/C16H9Cl2N3/c17-12-5-3-7-14(16(12)18)21-15-8-10(9-19)11-4-1-2-6-13(11)20-15/h1-8H,(H,20,21). The highest BCUT2D eigenvalue weighted by molar-refractivity contribution is 6.43. The zero-order valence-electron chi connectivity index (χ0n) is 10.8. The van der Waals surface area contributed by atoms with Gasteiger partial charge >= 0.3 is 0 Å². The van der Waals surface area contributed by atoms with Gasteiger partial charge in [-0.25, -0.2) is 4.98 Å². The predicted molar refractivity (Wildman–Crippen MR) is 86.2 cm³/mol. The van der Waals surface area contributed by atoms with Crippen molar-refractivity contribution in [3.63, 3.8) is 0 Å². The maximum atomic E-state index is 9.27. The van der Waals surface area contributed by atoms with Crippen molar-refractivity contribution in [2.75, 3.05) is 5.32 Å². The van der Waals surface area contributed by atoms with Crippen LogP contribution in [0.4, 0.5) is 11.5 Å². The Bertz CT molecular complexity index is 869. The number of rotatable bonds is 2. The van der Waals surface area contributed by atoms with Crippen LogP contribution >= 0.6 is 23.2 Å². The molecule has 0 aliphatic rings. The molecule has 0 saturated carbocycles. The highest BCUT2D eigenvalue weighted by Gasteiger charge is 2.08. The van der Waals surface area contributed by atoms with Crippen LogP contribution in [0, 0.1) is 11.3 Å². The van der Waals surface area contributed by atoms with Gasteiger partial charge in [-0.1, -0.05) is 47.5 Å². The molecule has 1 heterocycles. The Kier molecular flexibility index (Phi) is 3.66. The maximum Gasteiger partial charge on any atom is 0.132 e. The topological polar surface area (TPSA) is 48.7 Å². The van der Waals surface area contributed by atoms with E-state index >= 15 is 0 Å². The fraction of sp³-hybridized carbons (Fsp3) is 0. The van der Waals surface area contributed by atoms with Gasteiger partial charge in [0, 0.05) is 5.39 Å². The molecule has 0 spiro atoms. The molecule has 102 valence electrons. The van der Waals surface area contributed by atoms with Crippen LogP contribution in [-0.4, -0.2) is 4.98 Å². The lowest BCUT2D eigenvalue weighted by Gasteiger charge is -2.10.